The highest BCUT2D eigenvalue weighted by molar-refractivity contribution is 5.79. The number of ether oxygens (including phenoxy) is 1. The van der Waals surface area contributed by atoms with Crippen molar-refractivity contribution in [3.63, 3.8) is 0 Å². The van der Waals surface area contributed by atoms with E-state index >= 15 is 0 Å². The summed E-state index contributed by atoms with van der Waals surface area (Å²) in [5.74, 6) is 0.962. The van der Waals surface area contributed by atoms with Crippen molar-refractivity contribution in [3.8, 4) is 5.88 Å². The van der Waals surface area contributed by atoms with Crippen LogP contribution in [0.5, 0.6) is 5.88 Å². The molecule has 1 amide bonds. The molecular weight excluding hydrogens is 309 g/mol. The van der Waals surface area contributed by atoms with Gasteiger partial charge in [0.2, 0.25) is 11.8 Å². The molecule has 126 valence electrons. The minimum absolute atomic E-state index is 0.0303. The third kappa shape index (κ3) is 4.07. The van der Waals surface area contributed by atoms with Gasteiger partial charge >= 0.3 is 0 Å². The van der Waals surface area contributed by atoms with Crippen LogP contribution in [0, 0.1) is 19.7 Å². The molecule has 2 aromatic rings. The van der Waals surface area contributed by atoms with Gasteiger partial charge in [-0.1, -0.05) is 12.1 Å². The number of aryl methyl sites for hydroxylation is 2. The third-order valence-electron chi connectivity index (χ3n) is 4.00. The number of nitrogens with zero attached hydrogens (tertiary/aromatic N) is 3. The lowest BCUT2D eigenvalue weighted by Gasteiger charge is -2.17. The van der Waals surface area contributed by atoms with Crippen molar-refractivity contribution in [2.75, 3.05) is 13.1 Å². The van der Waals surface area contributed by atoms with E-state index in [-0.39, 0.29) is 24.2 Å². The largest absolute Gasteiger partial charge is 0.472 e. The zero-order valence-corrected chi connectivity index (χ0v) is 13.8. The molecule has 0 spiro atoms. The van der Waals surface area contributed by atoms with Crippen molar-refractivity contribution >= 4 is 5.91 Å². The Morgan fingerprint density at radius 1 is 1.29 bits per heavy atom. The van der Waals surface area contributed by atoms with Gasteiger partial charge in [-0.25, -0.2) is 9.37 Å². The second-order valence-electron chi connectivity index (χ2n) is 6.07. The Hall–Kier alpha value is -2.50. The van der Waals surface area contributed by atoms with Gasteiger partial charge in [0.15, 0.2) is 0 Å². The molecule has 0 N–H and O–H groups in total. The van der Waals surface area contributed by atoms with Gasteiger partial charge in [0.1, 0.15) is 17.7 Å². The molecule has 1 saturated heterocycles. The Bertz CT molecular complexity index is 713. The normalized spacial score (nSPS) is 17.1. The number of carbonyl (C=O) groups excluding carboxylic acids is 1. The van der Waals surface area contributed by atoms with Gasteiger partial charge in [-0.2, -0.15) is 4.98 Å². The smallest absolute Gasteiger partial charge is 0.227 e. The topological polar surface area (TPSA) is 55.3 Å². The Morgan fingerprint density at radius 2 is 2.04 bits per heavy atom. The molecule has 1 aliphatic rings. The molecule has 1 aromatic carbocycles. The predicted molar refractivity (Wildman–Crippen MR) is 87.2 cm³/mol. The molecule has 1 atom stereocenters. The van der Waals surface area contributed by atoms with Crippen LogP contribution in [0.1, 0.15) is 23.5 Å². The molecule has 2 heterocycles. The summed E-state index contributed by atoms with van der Waals surface area (Å²) in [7, 11) is 0. The molecule has 0 saturated carbocycles. The first-order valence-corrected chi connectivity index (χ1v) is 8.01. The van der Waals surface area contributed by atoms with Gasteiger partial charge in [-0.3, -0.25) is 4.79 Å². The Kier molecular flexibility index (Phi) is 4.74. The van der Waals surface area contributed by atoms with Crippen molar-refractivity contribution in [1.29, 1.82) is 0 Å². The molecule has 6 heteroatoms. The number of carbonyl (C=O) groups is 1. The fraction of sp³-hybridized carbons (Fsp3) is 0.389. The van der Waals surface area contributed by atoms with E-state index in [1.54, 1.807) is 23.1 Å². The molecule has 1 fully saturated rings. The highest BCUT2D eigenvalue weighted by Crippen LogP contribution is 2.18. The van der Waals surface area contributed by atoms with Crippen molar-refractivity contribution in [3.05, 3.63) is 53.2 Å². The highest BCUT2D eigenvalue weighted by Gasteiger charge is 2.28. The number of aromatic nitrogens is 2. The van der Waals surface area contributed by atoms with Gasteiger partial charge in [0.05, 0.1) is 13.0 Å². The third-order valence-corrected chi connectivity index (χ3v) is 4.00. The van der Waals surface area contributed by atoms with Gasteiger partial charge in [-0.05, 0) is 31.5 Å². The van der Waals surface area contributed by atoms with Crippen molar-refractivity contribution < 1.29 is 13.9 Å². The van der Waals surface area contributed by atoms with Gasteiger partial charge in [0, 0.05) is 24.7 Å². The molecule has 1 aromatic heterocycles. The zero-order chi connectivity index (χ0) is 17.1. The number of hydrogen-bond acceptors (Lipinski definition) is 4. The van der Waals surface area contributed by atoms with E-state index in [9.17, 15) is 9.18 Å². The molecule has 0 bridgehead atoms. The second-order valence-corrected chi connectivity index (χ2v) is 6.07. The number of hydrogen-bond donors (Lipinski definition) is 0. The summed E-state index contributed by atoms with van der Waals surface area (Å²) in [5, 5.41) is 0. The van der Waals surface area contributed by atoms with E-state index in [0.29, 0.717) is 24.8 Å². The summed E-state index contributed by atoms with van der Waals surface area (Å²) in [6.07, 6.45) is 0.992. The lowest BCUT2D eigenvalue weighted by molar-refractivity contribution is -0.129. The molecular formula is C18H20FN3O2. The van der Waals surface area contributed by atoms with Crippen molar-refractivity contribution in [2.24, 2.45) is 0 Å². The van der Waals surface area contributed by atoms with Crippen LogP contribution in [-0.4, -0.2) is 40.0 Å². The Balaban J connectivity index is 1.56. The molecule has 0 aliphatic carbocycles. The molecule has 5 nitrogen and oxygen atoms in total. The van der Waals surface area contributed by atoms with Crippen LogP contribution < -0.4 is 4.74 Å². The fourth-order valence-corrected chi connectivity index (χ4v) is 2.85. The monoisotopic (exact) mass is 329 g/mol. The van der Waals surface area contributed by atoms with Crippen molar-refractivity contribution in [2.45, 2.75) is 32.8 Å². The summed E-state index contributed by atoms with van der Waals surface area (Å²) >= 11 is 0. The first-order chi connectivity index (χ1) is 11.5. The summed E-state index contributed by atoms with van der Waals surface area (Å²) in [5.41, 5.74) is 1.67. The summed E-state index contributed by atoms with van der Waals surface area (Å²) in [6.45, 7) is 4.93. The fourth-order valence-electron chi connectivity index (χ4n) is 2.85. The second kappa shape index (κ2) is 6.95. The first kappa shape index (κ1) is 16.4. The van der Waals surface area contributed by atoms with Crippen molar-refractivity contribution in [1.82, 2.24) is 14.9 Å². The Morgan fingerprint density at radius 3 is 2.75 bits per heavy atom. The Labute approximate surface area is 140 Å². The summed E-state index contributed by atoms with van der Waals surface area (Å²) in [6, 6.07) is 7.83. The summed E-state index contributed by atoms with van der Waals surface area (Å²) < 4.78 is 18.8. The van der Waals surface area contributed by atoms with Gasteiger partial charge in [0.25, 0.3) is 0 Å². The van der Waals surface area contributed by atoms with E-state index < -0.39 is 0 Å². The lowest BCUT2D eigenvalue weighted by atomic mass is 10.1. The first-order valence-electron chi connectivity index (χ1n) is 8.01. The van der Waals surface area contributed by atoms with Crippen LogP contribution in [0.3, 0.4) is 0 Å². The maximum Gasteiger partial charge on any atom is 0.227 e. The van der Waals surface area contributed by atoms with E-state index in [0.717, 1.165) is 17.7 Å². The SMILES string of the molecule is Cc1cc(O[C@@H]2CCN(C(=O)Cc3ccc(F)cc3)C2)nc(C)n1. The van der Waals surface area contributed by atoms with Crippen LogP contribution in [0.25, 0.3) is 0 Å². The number of amides is 1. The number of rotatable bonds is 4. The van der Waals surface area contributed by atoms with E-state index in [1.807, 2.05) is 13.8 Å². The number of halogens is 1. The minimum atomic E-state index is -0.295. The average molecular weight is 329 g/mol. The number of benzene rings is 1. The van der Waals surface area contributed by atoms with E-state index in [1.165, 1.54) is 12.1 Å². The molecule has 3 rings (SSSR count). The zero-order valence-electron chi connectivity index (χ0n) is 13.8. The quantitative estimate of drug-likeness (QED) is 0.865. The molecule has 0 radical (unpaired) electrons. The molecule has 0 unspecified atom stereocenters. The summed E-state index contributed by atoms with van der Waals surface area (Å²) in [4.78, 5) is 22.6. The standard InChI is InChI=1S/C18H20FN3O2/c1-12-9-17(21-13(2)20-12)24-16-7-8-22(11-16)18(23)10-14-3-5-15(19)6-4-14/h3-6,9,16H,7-8,10-11H2,1-2H3/t16-/m1/s1. The van der Waals surface area contributed by atoms with Crippen LogP contribution in [-0.2, 0) is 11.2 Å². The van der Waals surface area contributed by atoms with E-state index in [2.05, 4.69) is 9.97 Å². The maximum absolute atomic E-state index is 12.9. The van der Waals surface area contributed by atoms with Crippen LogP contribution in [0.15, 0.2) is 30.3 Å². The molecule has 24 heavy (non-hydrogen) atoms. The van der Waals surface area contributed by atoms with Crippen LogP contribution in [0.2, 0.25) is 0 Å². The average Bonchev–Trinajstić information content (AvgIpc) is 2.97. The van der Waals surface area contributed by atoms with Gasteiger partial charge < -0.3 is 9.64 Å². The molecule has 1 aliphatic heterocycles. The number of likely N-dealkylation sites (tertiary alicyclic amines) is 1. The van der Waals surface area contributed by atoms with E-state index in [4.69, 9.17) is 4.74 Å². The predicted octanol–water partition coefficient (Wildman–Crippen LogP) is 2.45. The van der Waals surface area contributed by atoms with Gasteiger partial charge in [-0.15, -0.1) is 0 Å². The highest BCUT2D eigenvalue weighted by atomic mass is 19.1. The maximum atomic E-state index is 12.9. The lowest BCUT2D eigenvalue weighted by Crippen LogP contribution is -2.32. The minimum Gasteiger partial charge on any atom is -0.472 e. The van der Waals surface area contributed by atoms with Crippen LogP contribution >= 0.6 is 0 Å². The van der Waals surface area contributed by atoms with Crippen LogP contribution in [0.4, 0.5) is 4.39 Å².